The van der Waals surface area contributed by atoms with E-state index in [1.807, 2.05) is 62.6 Å². The van der Waals surface area contributed by atoms with Crippen LogP contribution in [0.4, 0.5) is 0 Å². The molecule has 6 heteroatoms. The van der Waals surface area contributed by atoms with Crippen molar-refractivity contribution in [3.8, 4) is 0 Å². The first-order chi connectivity index (χ1) is 15.8. The second-order valence-electron chi connectivity index (χ2n) is 9.22. The third-order valence-electron chi connectivity index (χ3n) is 6.31. The van der Waals surface area contributed by atoms with Gasteiger partial charge in [-0.15, -0.1) is 0 Å². The summed E-state index contributed by atoms with van der Waals surface area (Å²) in [6.45, 7) is 5.48. The fraction of sp³-hybridized carbons (Fsp3) is 0.333. The van der Waals surface area contributed by atoms with Crippen LogP contribution < -0.4 is 0 Å². The van der Waals surface area contributed by atoms with E-state index in [1.54, 1.807) is 11.1 Å². The number of nitrogens with one attached hydrogen (secondary N) is 1. The molecule has 172 valence electrons. The monoisotopic (exact) mass is 445 g/mol. The predicted octanol–water partition coefficient (Wildman–Crippen LogP) is 4.66. The number of carbonyl (C=O) groups excluding carboxylic acids is 2. The predicted molar refractivity (Wildman–Crippen MR) is 131 cm³/mol. The maximum Gasteiger partial charge on any atom is 0.295 e. The second kappa shape index (κ2) is 9.24. The second-order valence-corrected chi connectivity index (χ2v) is 9.22. The number of ketones is 1. The van der Waals surface area contributed by atoms with Crippen LogP contribution in [0.15, 0.2) is 60.3 Å². The third-order valence-corrected chi connectivity index (χ3v) is 6.31. The van der Waals surface area contributed by atoms with Crippen LogP contribution in [-0.4, -0.2) is 58.8 Å². The number of benzene rings is 2. The smallest absolute Gasteiger partial charge is 0.295 e. The van der Waals surface area contributed by atoms with Crippen molar-refractivity contribution in [2.45, 2.75) is 32.2 Å². The Kier molecular flexibility index (Phi) is 6.38. The van der Waals surface area contributed by atoms with Crippen molar-refractivity contribution in [2.75, 3.05) is 27.2 Å². The number of aromatic amines is 1. The van der Waals surface area contributed by atoms with Crippen molar-refractivity contribution in [1.82, 2.24) is 14.8 Å². The molecule has 1 atom stereocenters. The number of nitrogens with zero attached hydrogens (tertiary/aromatic N) is 2. The number of H-pyrrole nitrogens is 1. The van der Waals surface area contributed by atoms with Gasteiger partial charge in [0.05, 0.1) is 11.6 Å². The number of hydrogen-bond acceptors (Lipinski definition) is 4. The standard InChI is InChI=1S/C27H31N3O3/c1-17(2)18-10-12-19(13-11-18)24-23(26(32)27(33)30(24)15-7-14-29(3)4)25(31)21-16-28-22-9-6-5-8-20(21)22/h5-6,8-13,16-17,24,28,31H,7,14-15H2,1-4H3/b25-23-. The molecule has 1 aliphatic rings. The number of fused-ring (bicyclic) bond motifs is 1. The van der Waals surface area contributed by atoms with Crippen LogP contribution in [0, 0.1) is 0 Å². The highest BCUT2D eigenvalue weighted by Crippen LogP contribution is 2.40. The molecule has 1 fully saturated rings. The van der Waals surface area contributed by atoms with Gasteiger partial charge in [0.25, 0.3) is 11.7 Å². The summed E-state index contributed by atoms with van der Waals surface area (Å²) in [5.74, 6) is -0.968. The van der Waals surface area contributed by atoms with Gasteiger partial charge < -0.3 is 19.9 Å². The lowest BCUT2D eigenvalue weighted by Gasteiger charge is -2.26. The number of aliphatic hydroxyl groups excluding tert-OH is 1. The molecule has 1 saturated heterocycles. The Bertz CT molecular complexity index is 1200. The van der Waals surface area contributed by atoms with E-state index in [1.165, 1.54) is 5.56 Å². The van der Waals surface area contributed by atoms with E-state index in [0.29, 0.717) is 18.0 Å². The number of amides is 1. The van der Waals surface area contributed by atoms with Crippen molar-refractivity contribution in [2.24, 2.45) is 0 Å². The molecule has 0 radical (unpaired) electrons. The molecule has 3 aromatic rings. The molecule has 2 N–H and O–H groups in total. The molecule has 6 nitrogen and oxygen atoms in total. The molecule has 33 heavy (non-hydrogen) atoms. The van der Waals surface area contributed by atoms with Crippen LogP contribution in [0.25, 0.3) is 16.7 Å². The zero-order valence-corrected chi connectivity index (χ0v) is 19.6. The number of aromatic nitrogens is 1. The summed E-state index contributed by atoms with van der Waals surface area (Å²) in [4.78, 5) is 33.1. The fourth-order valence-electron chi connectivity index (χ4n) is 4.49. The van der Waals surface area contributed by atoms with E-state index in [-0.39, 0.29) is 11.3 Å². The molecule has 1 aromatic heterocycles. The largest absolute Gasteiger partial charge is 0.507 e. The lowest BCUT2D eigenvalue weighted by molar-refractivity contribution is -0.139. The van der Waals surface area contributed by atoms with Crippen molar-refractivity contribution in [1.29, 1.82) is 0 Å². The Morgan fingerprint density at radius 1 is 1.09 bits per heavy atom. The average molecular weight is 446 g/mol. The SMILES string of the molecule is CC(C)c1ccc(C2/C(=C(/O)c3c[nH]c4ccccc34)C(=O)C(=O)N2CCCN(C)C)cc1. The van der Waals surface area contributed by atoms with Crippen LogP contribution in [0.5, 0.6) is 0 Å². The van der Waals surface area contributed by atoms with E-state index in [2.05, 4.69) is 23.7 Å². The first-order valence-electron chi connectivity index (χ1n) is 11.4. The maximum absolute atomic E-state index is 13.2. The van der Waals surface area contributed by atoms with Gasteiger partial charge in [0.2, 0.25) is 0 Å². The van der Waals surface area contributed by atoms with Gasteiger partial charge in [-0.1, -0.05) is 56.3 Å². The number of Topliss-reactive ketones (excluding diaryl/α,β-unsaturated/α-hetero) is 1. The Morgan fingerprint density at radius 2 is 1.79 bits per heavy atom. The van der Waals surface area contributed by atoms with Crippen molar-refractivity contribution < 1.29 is 14.7 Å². The molecule has 0 spiro atoms. The number of aliphatic hydroxyl groups is 1. The Balaban J connectivity index is 1.83. The van der Waals surface area contributed by atoms with Gasteiger partial charge in [-0.05, 0) is 50.2 Å². The van der Waals surface area contributed by atoms with Gasteiger partial charge in [-0.2, -0.15) is 0 Å². The summed E-state index contributed by atoms with van der Waals surface area (Å²) in [6, 6.07) is 15.0. The number of rotatable bonds is 7. The van der Waals surface area contributed by atoms with Gasteiger partial charge >= 0.3 is 0 Å². The Labute approximate surface area is 194 Å². The highest BCUT2D eigenvalue weighted by atomic mass is 16.3. The zero-order chi connectivity index (χ0) is 23.7. The minimum Gasteiger partial charge on any atom is -0.507 e. The lowest BCUT2D eigenvalue weighted by Crippen LogP contribution is -2.32. The van der Waals surface area contributed by atoms with Gasteiger partial charge in [-0.3, -0.25) is 9.59 Å². The molecular weight excluding hydrogens is 414 g/mol. The minimum atomic E-state index is -0.638. The first kappa shape index (κ1) is 22.8. The Hall–Kier alpha value is -3.38. The van der Waals surface area contributed by atoms with Crippen molar-refractivity contribution in [3.05, 3.63) is 77.0 Å². The summed E-state index contributed by atoms with van der Waals surface area (Å²) >= 11 is 0. The Morgan fingerprint density at radius 3 is 2.45 bits per heavy atom. The quantitative estimate of drug-likeness (QED) is 0.315. The van der Waals surface area contributed by atoms with Gasteiger partial charge in [0.1, 0.15) is 5.76 Å². The molecule has 4 rings (SSSR count). The van der Waals surface area contributed by atoms with Crippen LogP contribution in [0.3, 0.4) is 0 Å². The average Bonchev–Trinajstić information content (AvgIpc) is 3.33. The molecule has 2 heterocycles. The van der Waals surface area contributed by atoms with Crippen LogP contribution in [0.2, 0.25) is 0 Å². The van der Waals surface area contributed by atoms with Crippen LogP contribution in [0.1, 0.15) is 48.9 Å². The van der Waals surface area contributed by atoms with E-state index < -0.39 is 17.7 Å². The van der Waals surface area contributed by atoms with Gasteiger partial charge in [-0.25, -0.2) is 0 Å². The minimum absolute atomic E-state index is 0.140. The molecule has 1 aliphatic heterocycles. The van der Waals surface area contributed by atoms with E-state index in [4.69, 9.17) is 0 Å². The van der Waals surface area contributed by atoms with Gasteiger partial charge in [0.15, 0.2) is 0 Å². The number of para-hydroxylation sites is 1. The molecule has 0 aliphatic carbocycles. The fourth-order valence-corrected chi connectivity index (χ4v) is 4.49. The summed E-state index contributed by atoms with van der Waals surface area (Å²) in [6.07, 6.45) is 2.42. The molecule has 1 amide bonds. The molecular formula is C27H31N3O3. The highest BCUT2D eigenvalue weighted by Gasteiger charge is 2.46. The topological polar surface area (TPSA) is 76.6 Å². The third kappa shape index (κ3) is 4.31. The summed E-state index contributed by atoms with van der Waals surface area (Å²) < 4.78 is 0. The maximum atomic E-state index is 13.2. The highest BCUT2D eigenvalue weighted by molar-refractivity contribution is 6.46. The molecule has 0 saturated carbocycles. The van der Waals surface area contributed by atoms with Crippen molar-refractivity contribution >= 4 is 28.4 Å². The molecule has 1 unspecified atom stereocenters. The van der Waals surface area contributed by atoms with Crippen LogP contribution >= 0.6 is 0 Å². The summed E-state index contributed by atoms with van der Waals surface area (Å²) in [5.41, 5.74) is 3.54. The molecule has 0 bridgehead atoms. The zero-order valence-electron chi connectivity index (χ0n) is 19.6. The number of carbonyl (C=O) groups is 2. The number of likely N-dealkylation sites (tertiary alicyclic amines) is 1. The normalized spacial score (nSPS) is 18.2. The first-order valence-corrected chi connectivity index (χ1v) is 11.4. The van der Waals surface area contributed by atoms with E-state index in [0.717, 1.165) is 29.4 Å². The van der Waals surface area contributed by atoms with E-state index >= 15 is 0 Å². The van der Waals surface area contributed by atoms with Crippen molar-refractivity contribution in [3.63, 3.8) is 0 Å². The number of hydrogen-bond donors (Lipinski definition) is 2. The van der Waals surface area contributed by atoms with Crippen LogP contribution in [-0.2, 0) is 9.59 Å². The summed E-state index contributed by atoms with van der Waals surface area (Å²) in [5, 5.41) is 12.2. The molecule has 2 aromatic carbocycles. The van der Waals surface area contributed by atoms with Gasteiger partial charge in [0, 0.05) is 29.2 Å². The summed E-state index contributed by atoms with van der Waals surface area (Å²) in [7, 11) is 3.96. The lowest BCUT2D eigenvalue weighted by atomic mass is 9.93. The van der Waals surface area contributed by atoms with E-state index in [9.17, 15) is 14.7 Å².